The minimum atomic E-state index is -4.44. The lowest BCUT2D eigenvalue weighted by Crippen LogP contribution is -2.13. The minimum Gasteiger partial charge on any atom is -0.326 e. The lowest BCUT2D eigenvalue weighted by molar-refractivity contribution is -0.137. The summed E-state index contributed by atoms with van der Waals surface area (Å²) >= 11 is 3.24. The molecule has 0 unspecified atom stereocenters. The molecule has 1 aliphatic carbocycles. The van der Waals surface area contributed by atoms with Crippen LogP contribution in [0.3, 0.4) is 0 Å². The Morgan fingerprint density at radius 2 is 2.03 bits per heavy atom. The summed E-state index contributed by atoms with van der Waals surface area (Å²) in [5.41, 5.74) is 0.708. The molecule has 0 fully saturated rings. The van der Waals surface area contributed by atoms with Gasteiger partial charge in [-0.3, -0.25) is 4.79 Å². The van der Waals surface area contributed by atoms with Gasteiger partial charge in [0.1, 0.15) is 15.7 Å². The van der Waals surface area contributed by atoms with Crippen molar-refractivity contribution in [3.05, 3.63) is 46.1 Å². The molecule has 0 bridgehead atoms. The average molecular weight is 452 g/mol. The number of nitrogens with zero attached hydrogens (tertiary/aromatic N) is 2. The van der Waals surface area contributed by atoms with Crippen LogP contribution < -0.4 is 5.32 Å². The number of aryl methyl sites for hydroxylation is 3. The van der Waals surface area contributed by atoms with E-state index in [0.717, 1.165) is 46.6 Å². The second-order valence-corrected chi connectivity index (χ2v) is 9.36. The highest BCUT2D eigenvalue weighted by Gasteiger charge is 2.30. The van der Waals surface area contributed by atoms with E-state index in [1.54, 1.807) is 11.3 Å². The molecule has 2 heterocycles. The van der Waals surface area contributed by atoms with Gasteiger partial charge in [0, 0.05) is 28.1 Å². The SMILES string of the molecule is Cc1nc(SCCC(=O)Nc2cccc(C(F)(F)F)c2)c2c3c(sc2n1)CCCC3. The number of hydrogen-bond donors (Lipinski definition) is 1. The van der Waals surface area contributed by atoms with Crippen molar-refractivity contribution in [1.82, 2.24) is 9.97 Å². The van der Waals surface area contributed by atoms with E-state index >= 15 is 0 Å². The molecule has 2 aromatic heterocycles. The van der Waals surface area contributed by atoms with Gasteiger partial charge in [-0.05, 0) is 56.4 Å². The number of thioether (sulfide) groups is 1. The Labute approximate surface area is 180 Å². The van der Waals surface area contributed by atoms with Crippen LogP contribution in [0.5, 0.6) is 0 Å². The number of carbonyl (C=O) groups excluding carboxylic acids is 1. The van der Waals surface area contributed by atoms with Crippen LogP contribution in [0.1, 0.15) is 41.1 Å². The van der Waals surface area contributed by atoms with Crippen molar-refractivity contribution >= 4 is 44.9 Å². The maximum Gasteiger partial charge on any atom is 0.416 e. The number of fused-ring (bicyclic) bond motifs is 3. The Bertz CT molecular complexity index is 1100. The summed E-state index contributed by atoms with van der Waals surface area (Å²) in [6.45, 7) is 1.86. The van der Waals surface area contributed by atoms with Gasteiger partial charge >= 0.3 is 6.18 Å². The molecule has 1 N–H and O–H groups in total. The number of thiophene rings is 1. The molecular weight excluding hydrogens is 431 g/mol. The molecule has 4 nitrogen and oxygen atoms in total. The molecule has 0 radical (unpaired) electrons. The summed E-state index contributed by atoms with van der Waals surface area (Å²) in [5.74, 6) is 0.870. The number of amides is 1. The van der Waals surface area contributed by atoms with Crippen molar-refractivity contribution in [2.75, 3.05) is 11.1 Å². The summed E-state index contributed by atoms with van der Waals surface area (Å²) in [4.78, 5) is 23.8. The van der Waals surface area contributed by atoms with Gasteiger partial charge in [0.15, 0.2) is 0 Å². The largest absolute Gasteiger partial charge is 0.416 e. The fourth-order valence-electron chi connectivity index (χ4n) is 3.57. The Kier molecular flexibility index (Phi) is 6.02. The van der Waals surface area contributed by atoms with Gasteiger partial charge in [-0.15, -0.1) is 23.1 Å². The van der Waals surface area contributed by atoms with Crippen LogP contribution in [0.2, 0.25) is 0 Å². The normalized spacial score (nSPS) is 14.0. The average Bonchev–Trinajstić information content (AvgIpc) is 3.05. The van der Waals surface area contributed by atoms with Crippen molar-refractivity contribution in [1.29, 1.82) is 0 Å². The van der Waals surface area contributed by atoms with Crippen molar-refractivity contribution in [3.8, 4) is 0 Å². The van der Waals surface area contributed by atoms with Crippen LogP contribution >= 0.6 is 23.1 Å². The van der Waals surface area contributed by atoms with Gasteiger partial charge in [0.25, 0.3) is 0 Å². The van der Waals surface area contributed by atoms with Crippen LogP contribution in [-0.2, 0) is 23.8 Å². The highest BCUT2D eigenvalue weighted by molar-refractivity contribution is 7.99. The molecule has 0 aliphatic heterocycles. The molecule has 4 rings (SSSR count). The molecule has 0 atom stereocenters. The van der Waals surface area contributed by atoms with E-state index in [0.29, 0.717) is 11.6 Å². The van der Waals surface area contributed by atoms with Crippen molar-refractivity contribution in [2.45, 2.75) is 50.2 Å². The molecule has 0 spiro atoms. The van der Waals surface area contributed by atoms with E-state index < -0.39 is 11.7 Å². The van der Waals surface area contributed by atoms with E-state index in [4.69, 9.17) is 0 Å². The first kappa shape index (κ1) is 21.1. The zero-order valence-electron chi connectivity index (χ0n) is 16.3. The Hall–Kier alpha value is -2.13. The van der Waals surface area contributed by atoms with E-state index in [-0.39, 0.29) is 18.0 Å². The zero-order valence-corrected chi connectivity index (χ0v) is 17.9. The smallest absolute Gasteiger partial charge is 0.326 e. The van der Waals surface area contributed by atoms with E-state index in [9.17, 15) is 18.0 Å². The number of nitrogens with one attached hydrogen (secondary N) is 1. The van der Waals surface area contributed by atoms with Gasteiger partial charge < -0.3 is 5.32 Å². The maximum absolute atomic E-state index is 12.8. The van der Waals surface area contributed by atoms with Gasteiger partial charge in [-0.1, -0.05) is 6.07 Å². The summed E-state index contributed by atoms with van der Waals surface area (Å²) in [6, 6.07) is 4.66. The van der Waals surface area contributed by atoms with Crippen molar-refractivity contribution < 1.29 is 18.0 Å². The number of aromatic nitrogens is 2. The first-order chi connectivity index (χ1) is 14.3. The summed E-state index contributed by atoms with van der Waals surface area (Å²) < 4.78 is 38.5. The lowest BCUT2D eigenvalue weighted by atomic mass is 9.97. The van der Waals surface area contributed by atoms with Gasteiger partial charge in [0.2, 0.25) is 5.91 Å². The molecule has 0 saturated carbocycles. The van der Waals surface area contributed by atoms with Crippen LogP contribution in [0, 0.1) is 6.92 Å². The Balaban J connectivity index is 1.43. The Morgan fingerprint density at radius 1 is 1.23 bits per heavy atom. The molecule has 1 aliphatic rings. The second-order valence-electron chi connectivity index (χ2n) is 7.19. The fourth-order valence-corrected chi connectivity index (χ4v) is 5.98. The summed E-state index contributed by atoms with van der Waals surface area (Å²) in [6.07, 6.45) is 0.217. The maximum atomic E-state index is 12.8. The van der Waals surface area contributed by atoms with Crippen LogP contribution in [0.25, 0.3) is 10.2 Å². The lowest BCUT2D eigenvalue weighted by Gasteiger charge is -2.12. The molecule has 30 heavy (non-hydrogen) atoms. The molecule has 0 saturated heterocycles. The molecular formula is C21H20F3N3OS2. The third kappa shape index (κ3) is 4.62. The van der Waals surface area contributed by atoms with E-state index in [1.807, 2.05) is 6.92 Å². The standard InChI is InChI=1S/C21H20F3N3OS2/c1-12-25-19(18-15-7-2-3-8-16(15)30-20(18)26-12)29-10-9-17(28)27-14-6-4-5-13(11-14)21(22,23)24/h4-6,11H,2-3,7-10H2,1H3,(H,27,28). The van der Waals surface area contributed by atoms with Gasteiger partial charge in [0.05, 0.1) is 5.56 Å². The first-order valence-corrected chi connectivity index (χ1v) is 11.5. The molecule has 9 heteroatoms. The van der Waals surface area contributed by atoms with E-state index in [1.165, 1.54) is 40.8 Å². The third-order valence-electron chi connectivity index (χ3n) is 4.93. The molecule has 3 aromatic rings. The molecule has 158 valence electrons. The number of halogens is 3. The Morgan fingerprint density at radius 3 is 2.83 bits per heavy atom. The van der Waals surface area contributed by atoms with Crippen LogP contribution in [0.4, 0.5) is 18.9 Å². The number of alkyl halides is 3. The number of anilines is 1. The molecule has 1 amide bonds. The number of carbonyl (C=O) groups is 1. The second kappa shape index (κ2) is 8.55. The monoisotopic (exact) mass is 451 g/mol. The topological polar surface area (TPSA) is 54.9 Å². The van der Waals surface area contributed by atoms with Crippen molar-refractivity contribution in [3.63, 3.8) is 0 Å². The third-order valence-corrected chi connectivity index (χ3v) is 7.10. The number of hydrogen-bond acceptors (Lipinski definition) is 5. The highest BCUT2D eigenvalue weighted by atomic mass is 32.2. The highest BCUT2D eigenvalue weighted by Crippen LogP contribution is 2.39. The van der Waals surface area contributed by atoms with Crippen LogP contribution in [-0.4, -0.2) is 21.6 Å². The predicted octanol–water partition coefficient (Wildman–Crippen LogP) is 6.02. The van der Waals surface area contributed by atoms with Gasteiger partial charge in [-0.2, -0.15) is 13.2 Å². The first-order valence-electron chi connectivity index (χ1n) is 9.70. The zero-order chi connectivity index (χ0) is 21.3. The van der Waals surface area contributed by atoms with E-state index in [2.05, 4.69) is 15.3 Å². The minimum absolute atomic E-state index is 0.145. The molecule has 1 aromatic carbocycles. The predicted molar refractivity (Wildman–Crippen MR) is 114 cm³/mol. The van der Waals surface area contributed by atoms with Crippen LogP contribution in [0.15, 0.2) is 29.3 Å². The van der Waals surface area contributed by atoms with Crippen molar-refractivity contribution in [2.24, 2.45) is 0 Å². The quantitative estimate of drug-likeness (QED) is 0.381. The number of rotatable bonds is 5. The number of benzene rings is 1. The summed E-state index contributed by atoms with van der Waals surface area (Å²) in [7, 11) is 0. The summed E-state index contributed by atoms with van der Waals surface area (Å²) in [5, 5.41) is 4.56. The van der Waals surface area contributed by atoms with Gasteiger partial charge in [-0.25, -0.2) is 9.97 Å². The fraction of sp³-hybridized carbons (Fsp3) is 0.381.